The largest absolute Gasteiger partial charge is 0.310 e. The molecule has 1 nitrogen and oxygen atoms in total. The molecule has 9 aromatic rings. The van der Waals surface area contributed by atoms with Crippen molar-refractivity contribution in [1.29, 1.82) is 0 Å². The van der Waals surface area contributed by atoms with E-state index in [1.54, 1.807) is 0 Å². The summed E-state index contributed by atoms with van der Waals surface area (Å²) in [5.41, 5.74) is 13.2. The number of benzene rings is 9. The van der Waals surface area contributed by atoms with Crippen molar-refractivity contribution in [1.82, 2.24) is 0 Å². The molecule has 0 radical (unpaired) electrons. The Kier molecular flexibility index (Phi) is 9.11. The van der Waals surface area contributed by atoms with E-state index in [4.69, 9.17) is 0 Å². The summed E-state index contributed by atoms with van der Waals surface area (Å²) in [5, 5.41) is 5.02. The summed E-state index contributed by atoms with van der Waals surface area (Å²) in [6, 6.07) is 78.7. The SMILES string of the molecule is C(=C(\Cc1cccc2ccccc12)c1cccc(-c2ccc(-c3cccc(N(c4ccccc4)c4cccc5ccccc45)c3)cc2)c1)/c1ccccc1. The molecule has 0 spiro atoms. The number of rotatable bonds is 9. The van der Waals surface area contributed by atoms with E-state index in [1.165, 1.54) is 66.1 Å². The van der Waals surface area contributed by atoms with Crippen LogP contribution in [0.25, 0.3) is 55.4 Å². The van der Waals surface area contributed by atoms with E-state index in [9.17, 15) is 0 Å². The van der Waals surface area contributed by atoms with Gasteiger partial charge in [-0.3, -0.25) is 0 Å². The lowest BCUT2D eigenvalue weighted by Gasteiger charge is -2.27. The molecule has 256 valence electrons. The summed E-state index contributed by atoms with van der Waals surface area (Å²) in [6.45, 7) is 0. The zero-order chi connectivity index (χ0) is 36.1. The van der Waals surface area contributed by atoms with Gasteiger partial charge in [0.25, 0.3) is 0 Å². The predicted molar refractivity (Wildman–Crippen MR) is 231 cm³/mol. The van der Waals surface area contributed by atoms with Gasteiger partial charge in [-0.1, -0.05) is 188 Å². The highest BCUT2D eigenvalue weighted by Gasteiger charge is 2.16. The molecule has 9 aromatic carbocycles. The van der Waals surface area contributed by atoms with Crippen LogP contribution >= 0.6 is 0 Å². The van der Waals surface area contributed by atoms with Gasteiger partial charge in [-0.05, 0) is 103 Å². The van der Waals surface area contributed by atoms with Gasteiger partial charge in [0.05, 0.1) is 5.69 Å². The molecule has 0 saturated heterocycles. The van der Waals surface area contributed by atoms with Crippen molar-refractivity contribution in [2.75, 3.05) is 4.90 Å². The summed E-state index contributed by atoms with van der Waals surface area (Å²) in [5.74, 6) is 0. The third-order valence-corrected chi connectivity index (χ3v) is 10.3. The van der Waals surface area contributed by atoms with Gasteiger partial charge in [0.2, 0.25) is 0 Å². The lowest BCUT2D eigenvalue weighted by atomic mass is 9.91. The summed E-state index contributed by atoms with van der Waals surface area (Å²) in [6.07, 6.45) is 3.18. The van der Waals surface area contributed by atoms with Crippen LogP contribution in [0, 0.1) is 0 Å². The molecule has 0 amide bonds. The zero-order valence-corrected chi connectivity index (χ0v) is 30.0. The second-order valence-corrected chi connectivity index (χ2v) is 13.8. The first kappa shape index (κ1) is 32.9. The molecular weight excluding hydrogens is 651 g/mol. The van der Waals surface area contributed by atoms with Gasteiger partial charge in [-0.2, -0.15) is 0 Å². The fourth-order valence-electron chi connectivity index (χ4n) is 7.62. The molecule has 9 rings (SSSR count). The first-order chi connectivity index (χ1) is 26.8. The smallest absolute Gasteiger partial charge is 0.0540 e. The minimum atomic E-state index is 0.841. The molecule has 0 aliphatic heterocycles. The first-order valence-corrected chi connectivity index (χ1v) is 18.6. The van der Waals surface area contributed by atoms with Crippen molar-refractivity contribution in [2.45, 2.75) is 6.42 Å². The van der Waals surface area contributed by atoms with Crippen LogP contribution in [0.3, 0.4) is 0 Å². The molecule has 0 saturated carbocycles. The van der Waals surface area contributed by atoms with Crippen molar-refractivity contribution < 1.29 is 0 Å². The summed E-state index contributed by atoms with van der Waals surface area (Å²) >= 11 is 0. The normalized spacial score (nSPS) is 11.5. The van der Waals surface area contributed by atoms with E-state index >= 15 is 0 Å². The van der Waals surface area contributed by atoms with Crippen LogP contribution < -0.4 is 4.90 Å². The average Bonchev–Trinajstić information content (AvgIpc) is 3.25. The monoisotopic (exact) mass is 689 g/mol. The first-order valence-electron chi connectivity index (χ1n) is 18.6. The van der Waals surface area contributed by atoms with Crippen molar-refractivity contribution in [3.05, 3.63) is 235 Å². The Hall–Kier alpha value is -6.96. The molecule has 0 unspecified atom stereocenters. The topological polar surface area (TPSA) is 3.24 Å². The second kappa shape index (κ2) is 14.9. The lowest BCUT2D eigenvalue weighted by Crippen LogP contribution is -2.10. The fourth-order valence-corrected chi connectivity index (χ4v) is 7.62. The lowest BCUT2D eigenvalue weighted by molar-refractivity contribution is 1.30. The maximum absolute atomic E-state index is 2.37. The molecular formula is C53H39N. The van der Waals surface area contributed by atoms with Gasteiger partial charge in [-0.15, -0.1) is 0 Å². The molecule has 0 aliphatic rings. The Bertz CT molecular complexity index is 2710. The quantitative estimate of drug-likeness (QED) is 0.136. The Morgan fingerprint density at radius 3 is 1.67 bits per heavy atom. The van der Waals surface area contributed by atoms with Crippen molar-refractivity contribution in [3.8, 4) is 22.3 Å². The number of anilines is 3. The van der Waals surface area contributed by atoms with E-state index in [-0.39, 0.29) is 0 Å². The molecule has 0 aromatic heterocycles. The number of fused-ring (bicyclic) bond motifs is 2. The predicted octanol–water partition coefficient (Wildman–Crippen LogP) is 14.6. The Morgan fingerprint density at radius 1 is 0.389 bits per heavy atom. The van der Waals surface area contributed by atoms with E-state index < -0.39 is 0 Å². The molecule has 0 heterocycles. The van der Waals surface area contributed by atoms with E-state index in [2.05, 4.69) is 229 Å². The fraction of sp³-hybridized carbons (Fsp3) is 0.0189. The standard InChI is InChI=1S/C53H39N/c1-3-15-39(16-4-1)35-48(37-47-24-11-19-42-17-7-9-28-51(42)47)45-22-12-21-44(36-45)40-31-33-41(34-32-40)46-23-13-27-50(38-46)54(49-25-5-2-6-26-49)53-30-14-20-43-18-8-10-29-52(43)53/h1-36,38H,37H2/b48-35-. The van der Waals surface area contributed by atoms with Crippen LogP contribution in [-0.4, -0.2) is 0 Å². The Morgan fingerprint density at radius 2 is 0.926 bits per heavy atom. The average molecular weight is 690 g/mol. The van der Waals surface area contributed by atoms with E-state index in [0.29, 0.717) is 0 Å². The molecule has 1 heteroatoms. The number of para-hydroxylation sites is 1. The minimum Gasteiger partial charge on any atom is -0.310 e. The van der Waals surface area contributed by atoms with Gasteiger partial charge in [-0.25, -0.2) is 0 Å². The van der Waals surface area contributed by atoms with Crippen molar-refractivity contribution in [3.63, 3.8) is 0 Å². The molecule has 0 atom stereocenters. The summed E-state index contributed by atoms with van der Waals surface area (Å²) in [4.78, 5) is 2.37. The van der Waals surface area contributed by atoms with Gasteiger partial charge in [0.15, 0.2) is 0 Å². The highest BCUT2D eigenvalue weighted by molar-refractivity contribution is 5.99. The van der Waals surface area contributed by atoms with Gasteiger partial charge in [0, 0.05) is 16.8 Å². The van der Waals surface area contributed by atoms with Crippen LogP contribution in [0.1, 0.15) is 16.7 Å². The number of allylic oxidation sites excluding steroid dienone is 1. The molecule has 0 N–H and O–H groups in total. The van der Waals surface area contributed by atoms with Crippen LogP contribution in [-0.2, 0) is 6.42 Å². The maximum atomic E-state index is 2.37. The number of nitrogens with zero attached hydrogens (tertiary/aromatic N) is 1. The highest BCUT2D eigenvalue weighted by atomic mass is 15.1. The van der Waals surface area contributed by atoms with Crippen LogP contribution in [0.2, 0.25) is 0 Å². The summed E-state index contributed by atoms with van der Waals surface area (Å²) < 4.78 is 0. The highest BCUT2D eigenvalue weighted by Crippen LogP contribution is 2.40. The van der Waals surface area contributed by atoms with E-state index in [1.807, 2.05) is 0 Å². The molecule has 54 heavy (non-hydrogen) atoms. The second-order valence-electron chi connectivity index (χ2n) is 13.8. The molecule has 0 bridgehead atoms. The van der Waals surface area contributed by atoms with Crippen molar-refractivity contribution in [2.24, 2.45) is 0 Å². The number of hydrogen-bond acceptors (Lipinski definition) is 1. The molecule has 0 aliphatic carbocycles. The Labute approximate surface area is 317 Å². The maximum Gasteiger partial charge on any atom is 0.0540 e. The van der Waals surface area contributed by atoms with Gasteiger partial charge < -0.3 is 4.90 Å². The number of hydrogen-bond donors (Lipinski definition) is 0. The van der Waals surface area contributed by atoms with Crippen LogP contribution in [0.4, 0.5) is 17.1 Å². The van der Waals surface area contributed by atoms with Crippen LogP contribution in [0.15, 0.2) is 218 Å². The third kappa shape index (κ3) is 6.84. The summed E-state index contributed by atoms with van der Waals surface area (Å²) in [7, 11) is 0. The Balaban J connectivity index is 1.05. The van der Waals surface area contributed by atoms with Crippen molar-refractivity contribution >= 4 is 50.3 Å². The molecule has 0 fully saturated rings. The van der Waals surface area contributed by atoms with E-state index in [0.717, 1.165) is 23.5 Å². The van der Waals surface area contributed by atoms with Crippen LogP contribution in [0.5, 0.6) is 0 Å². The third-order valence-electron chi connectivity index (χ3n) is 10.3. The van der Waals surface area contributed by atoms with Gasteiger partial charge >= 0.3 is 0 Å². The minimum absolute atomic E-state index is 0.841. The van der Waals surface area contributed by atoms with Gasteiger partial charge in [0.1, 0.15) is 0 Å². The zero-order valence-electron chi connectivity index (χ0n) is 30.0.